The molecule has 1 aliphatic rings. The normalized spacial score (nSPS) is 14.7. The maximum absolute atomic E-state index is 11.5. The van der Waals surface area contributed by atoms with Gasteiger partial charge in [-0.1, -0.05) is 57.6 Å². The molecule has 1 aromatic rings. The van der Waals surface area contributed by atoms with Gasteiger partial charge in [0, 0.05) is 6.42 Å². The largest absolute Gasteiger partial charge is 0.494 e. The van der Waals surface area contributed by atoms with Crippen molar-refractivity contribution >= 4 is 11.4 Å². The molecule has 126 valence electrons. The van der Waals surface area contributed by atoms with E-state index in [0.29, 0.717) is 6.42 Å². The van der Waals surface area contributed by atoms with Crippen molar-refractivity contribution in [1.29, 1.82) is 0 Å². The van der Waals surface area contributed by atoms with E-state index in [9.17, 15) is 4.79 Å². The van der Waals surface area contributed by atoms with Gasteiger partial charge in [-0.25, -0.2) is 0 Å². The second-order valence-corrected chi connectivity index (χ2v) is 6.48. The minimum atomic E-state index is 0.255. The lowest BCUT2D eigenvalue weighted by molar-refractivity contribution is -0.114. The van der Waals surface area contributed by atoms with Gasteiger partial charge in [-0.3, -0.25) is 4.79 Å². The zero-order chi connectivity index (χ0) is 16.3. The van der Waals surface area contributed by atoms with E-state index in [1.807, 2.05) is 12.1 Å². The van der Waals surface area contributed by atoms with Crippen molar-refractivity contribution in [3.63, 3.8) is 0 Å². The minimum absolute atomic E-state index is 0.255. The first-order chi connectivity index (χ1) is 11.3. The van der Waals surface area contributed by atoms with Gasteiger partial charge < -0.3 is 4.74 Å². The number of hydrogen-bond acceptors (Lipinski definition) is 2. The van der Waals surface area contributed by atoms with E-state index in [4.69, 9.17) is 4.74 Å². The average molecular weight is 314 g/mol. The van der Waals surface area contributed by atoms with Crippen LogP contribution in [0.15, 0.2) is 30.3 Å². The van der Waals surface area contributed by atoms with Gasteiger partial charge in [0.15, 0.2) is 5.78 Å². The number of carbonyl (C=O) groups excluding carboxylic acids is 1. The first kappa shape index (κ1) is 17.8. The van der Waals surface area contributed by atoms with Crippen LogP contribution in [0.4, 0.5) is 0 Å². The SMILES string of the molecule is CCCCCCCCCOc1ccc(C2=CC(=O)CCC2)cc1. The molecule has 23 heavy (non-hydrogen) atoms. The van der Waals surface area contributed by atoms with Gasteiger partial charge in [-0.15, -0.1) is 0 Å². The zero-order valence-electron chi connectivity index (χ0n) is 14.5. The quantitative estimate of drug-likeness (QED) is 0.499. The molecule has 0 N–H and O–H groups in total. The van der Waals surface area contributed by atoms with Crippen molar-refractivity contribution in [2.75, 3.05) is 6.61 Å². The maximum atomic E-state index is 11.5. The van der Waals surface area contributed by atoms with Gasteiger partial charge in [0.2, 0.25) is 0 Å². The Morgan fingerprint density at radius 1 is 0.913 bits per heavy atom. The fourth-order valence-electron chi connectivity index (χ4n) is 3.03. The Balaban J connectivity index is 1.66. The summed E-state index contributed by atoms with van der Waals surface area (Å²) in [6, 6.07) is 8.20. The van der Waals surface area contributed by atoms with Crippen LogP contribution in [0.2, 0.25) is 0 Å². The van der Waals surface area contributed by atoms with Crippen molar-refractivity contribution in [3.8, 4) is 5.75 Å². The summed E-state index contributed by atoms with van der Waals surface area (Å²) < 4.78 is 5.81. The standard InChI is InChI=1S/C21H30O2/c1-2-3-4-5-6-7-8-16-23-21-14-12-18(13-15-21)19-10-9-11-20(22)17-19/h12-15,17H,2-11,16H2,1H3. The summed E-state index contributed by atoms with van der Waals surface area (Å²) in [6.45, 7) is 3.05. The summed E-state index contributed by atoms with van der Waals surface area (Å²) >= 11 is 0. The Kier molecular flexibility index (Phi) is 7.92. The Morgan fingerprint density at radius 3 is 2.30 bits per heavy atom. The van der Waals surface area contributed by atoms with E-state index in [0.717, 1.165) is 37.2 Å². The molecule has 0 bridgehead atoms. The van der Waals surface area contributed by atoms with Gasteiger partial charge in [-0.2, -0.15) is 0 Å². The number of benzene rings is 1. The van der Waals surface area contributed by atoms with Crippen molar-refractivity contribution in [1.82, 2.24) is 0 Å². The molecular weight excluding hydrogens is 284 g/mol. The second kappa shape index (κ2) is 10.3. The van der Waals surface area contributed by atoms with Crippen LogP contribution < -0.4 is 4.74 Å². The van der Waals surface area contributed by atoms with Crippen LogP contribution in [0, 0.1) is 0 Å². The van der Waals surface area contributed by atoms with Crippen LogP contribution in [0.25, 0.3) is 5.57 Å². The lowest BCUT2D eigenvalue weighted by Crippen LogP contribution is -2.02. The van der Waals surface area contributed by atoms with Gasteiger partial charge in [0.05, 0.1) is 6.61 Å². The predicted molar refractivity (Wildman–Crippen MR) is 96.8 cm³/mol. The van der Waals surface area contributed by atoms with Crippen molar-refractivity contribution in [3.05, 3.63) is 35.9 Å². The van der Waals surface area contributed by atoms with E-state index >= 15 is 0 Å². The van der Waals surface area contributed by atoms with Crippen LogP contribution in [0.1, 0.15) is 76.7 Å². The van der Waals surface area contributed by atoms with Gasteiger partial charge in [0.25, 0.3) is 0 Å². The Bertz CT molecular complexity index is 499. The van der Waals surface area contributed by atoms with E-state index in [1.54, 1.807) is 6.08 Å². The number of ketones is 1. The molecule has 0 spiro atoms. The summed E-state index contributed by atoms with van der Waals surface area (Å²) in [5, 5.41) is 0. The molecular formula is C21H30O2. The second-order valence-electron chi connectivity index (χ2n) is 6.48. The number of allylic oxidation sites excluding steroid dienone is 2. The first-order valence-electron chi connectivity index (χ1n) is 9.26. The molecule has 2 rings (SSSR count). The molecule has 0 radical (unpaired) electrons. The highest BCUT2D eigenvalue weighted by molar-refractivity contribution is 5.98. The van der Waals surface area contributed by atoms with Crippen LogP contribution >= 0.6 is 0 Å². The number of unbranched alkanes of at least 4 members (excludes halogenated alkanes) is 6. The molecule has 0 amide bonds. The van der Waals surface area contributed by atoms with Crippen LogP contribution in [0.3, 0.4) is 0 Å². The predicted octanol–water partition coefficient (Wildman–Crippen LogP) is 5.95. The molecule has 0 aromatic heterocycles. The highest BCUT2D eigenvalue weighted by Gasteiger charge is 2.11. The third kappa shape index (κ3) is 6.60. The molecule has 0 heterocycles. The van der Waals surface area contributed by atoms with Gasteiger partial charge in [-0.05, 0) is 48.6 Å². The van der Waals surface area contributed by atoms with Gasteiger partial charge in [0.1, 0.15) is 5.75 Å². The minimum Gasteiger partial charge on any atom is -0.494 e. The van der Waals surface area contributed by atoms with Crippen LogP contribution in [-0.4, -0.2) is 12.4 Å². The summed E-state index contributed by atoms with van der Waals surface area (Å²) in [5.41, 5.74) is 2.32. The zero-order valence-corrected chi connectivity index (χ0v) is 14.5. The average Bonchev–Trinajstić information content (AvgIpc) is 2.58. The Hall–Kier alpha value is -1.57. The number of carbonyl (C=O) groups is 1. The van der Waals surface area contributed by atoms with Crippen molar-refractivity contribution in [2.24, 2.45) is 0 Å². The summed E-state index contributed by atoms with van der Waals surface area (Å²) in [5.74, 6) is 1.19. The molecule has 0 aliphatic heterocycles. The number of hydrogen-bond donors (Lipinski definition) is 0. The molecule has 2 heteroatoms. The molecule has 0 atom stereocenters. The summed E-state index contributed by atoms with van der Waals surface area (Å²) in [7, 11) is 0. The molecule has 1 aromatic carbocycles. The highest BCUT2D eigenvalue weighted by Crippen LogP contribution is 2.26. The number of rotatable bonds is 10. The monoisotopic (exact) mass is 314 g/mol. The third-order valence-electron chi connectivity index (χ3n) is 4.45. The highest BCUT2D eigenvalue weighted by atomic mass is 16.5. The molecule has 0 fully saturated rings. The molecule has 1 aliphatic carbocycles. The fourth-order valence-corrected chi connectivity index (χ4v) is 3.03. The van der Waals surface area contributed by atoms with Crippen molar-refractivity contribution in [2.45, 2.75) is 71.1 Å². The Labute approximate surface area is 140 Å². The van der Waals surface area contributed by atoms with Crippen LogP contribution in [-0.2, 0) is 4.79 Å². The van der Waals surface area contributed by atoms with Crippen molar-refractivity contribution < 1.29 is 9.53 Å². The topological polar surface area (TPSA) is 26.3 Å². The van der Waals surface area contributed by atoms with E-state index in [1.165, 1.54) is 44.1 Å². The molecule has 0 unspecified atom stereocenters. The summed E-state index contributed by atoms with van der Waals surface area (Å²) in [6.07, 6.45) is 13.6. The lowest BCUT2D eigenvalue weighted by atomic mass is 9.93. The maximum Gasteiger partial charge on any atom is 0.155 e. The fraction of sp³-hybridized carbons (Fsp3) is 0.571. The molecule has 2 nitrogen and oxygen atoms in total. The third-order valence-corrected chi connectivity index (χ3v) is 4.45. The molecule has 0 saturated heterocycles. The van der Waals surface area contributed by atoms with Gasteiger partial charge >= 0.3 is 0 Å². The van der Waals surface area contributed by atoms with Crippen LogP contribution in [0.5, 0.6) is 5.75 Å². The number of ether oxygens (including phenoxy) is 1. The molecule has 0 saturated carbocycles. The Morgan fingerprint density at radius 2 is 1.61 bits per heavy atom. The smallest absolute Gasteiger partial charge is 0.155 e. The van der Waals surface area contributed by atoms with E-state index < -0.39 is 0 Å². The lowest BCUT2D eigenvalue weighted by Gasteiger charge is -2.13. The van der Waals surface area contributed by atoms with E-state index in [-0.39, 0.29) is 5.78 Å². The first-order valence-corrected chi connectivity index (χ1v) is 9.26. The van der Waals surface area contributed by atoms with E-state index in [2.05, 4.69) is 19.1 Å². The summed E-state index contributed by atoms with van der Waals surface area (Å²) in [4.78, 5) is 11.5.